The highest BCUT2D eigenvalue weighted by Crippen LogP contribution is 2.46. The molecular formula is C35H27N3O. The molecule has 0 amide bonds. The van der Waals surface area contributed by atoms with Crippen molar-refractivity contribution in [3.05, 3.63) is 121 Å². The first-order valence-corrected chi connectivity index (χ1v) is 13.0. The van der Waals surface area contributed by atoms with Gasteiger partial charge in [-0.15, -0.1) is 0 Å². The molecule has 0 aliphatic carbocycles. The van der Waals surface area contributed by atoms with Gasteiger partial charge < -0.3 is 21.1 Å². The van der Waals surface area contributed by atoms with Crippen molar-refractivity contribution in [3.63, 3.8) is 0 Å². The molecule has 0 fully saturated rings. The van der Waals surface area contributed by atoms with Crippen molar-refractivity contribution in [2.75, 3.05) is 23.5 Å². The van der Waals surface area contributed by atoms with E-state index >= 15 is 0 Å². The summed E-state index contributed by atoms with van der Waals surface area (Å²) < 4.78 is 5.48. The molecule has 0 aromatic heterocycles. The predicted octanol–water partition coefficient (Wildman–Crippen LogP) is 8.89. The van der Waals surface area contributed by atoms with Crippen LogP contribution in [0.2, 0.25) is 0 Å². The van der Waals surface area contributed by atoms with Gasteiger partial charge in [-0.1, -0.05) is 60.7 Å². The standard InChI is InChI=1S/C35H27N3O/c1-39-29-16-14-28(15-17-29)38(33-20-13-27(37)21-31(33)22-7-11-26(36)12-8-22)32-19-10-25-6-5-23-3-2-4-24-9-18-30(32)35(25)34(23)24/h2-21H,36-37H2,1H3. The lowest BCUT2D eigenvalue weighted by molar-refractivity contribution is 0.415. The molecule has 0 atom stereocenters. The first-order chi connectivity index (χ1) is 19.1. The minimum atomic E-state index is 0.704. The van der Waals surface area contributed by atoms with Crippen molar-refractivity contribution < 1.29 is 4.74 Å². The average molecular weight is 506 g/mol. The molecule has 7 rings (SSSR count). The lowest BCUT2D eigenvalue weighted by Crippen LogP contribution is -2.12. The maximum atomic E-state index is 6.34. The van der Waals surface area contributed by atoms with E-state index in [2.05, 4.69) is 77.7 Å². The van der Waals surface area contributed by atoms with E-state index in [4.69, 9.17) is 16.2 Å². The van der Waals surface area contributed by atoms with Gasteiger partial charge in [-0.05, 0) is 93.2 Å². The summed E-state index contributed by atoms with van der Waals surface area (Å²) >= 11 is 0. The summed E-state index contributed by atoms with van der Waals surface area (Å²) in [5.41, 5.74) is 19.0. The third kappa shape index (κ3) is 3.77. The maximum absolute atomic E-state index is 6.34. The third-order valence-electron chi connectivity index (χ3n) is 7.56. The summed E-state index contributed by atoms with van der Waals surface area (Å²) in [5.74, 6) is 0.810. The zero-order chi connectivity index (χ0) is 26.5. The molecule has 0 aliphatic rings. The summed E-state index contributed by atoms with van der Waals surface area (Å²) in [6.07, 6.45) is 0. The fourth-order valence-corrected chi connectivity index (χ4v) is 5.70. The van der Waals surface area contributed by atoms with Gasteiger partial charge in [0.05, 0.1) is 18.5 Å². The van der Waals surface area contributed by atoms with Crippen LogP contribution in [0.15, 0.2) is 121 Å². The van der Waals surface area contributed by atoms with E-state index in [0.717, 1.165) is 39.6 Å². The number of nitrogens with zero attached hydrogens (tertiary/aromatic N) is 1. The molecule has 0 radical (unpaired) electrons. The monoisotopic (exact) mass is 505 g/mol. The SMILES string of the molecule is COc1ccc(N(c2ccc(N)cc2-c2ccc(N)cc2)c2ccc3ccc4cccc5ccc2c3c45)cc1. The van der Waals surface area contributed by atoms with Crippen molar-refractivity contribution in [1.82, 2.24) is 0 Å². The minimum Gasteiger partial charge on any atom is -0.497 e. The van der Waals surface area contributed by atoms with Crippen LogP contribution in [0.5, 0.6) is 5.75 Å². The Hall–Kier alpha value is -5.22. The van der Waals surface area contributed by atoms with Crippen LogP contribution in [-0.4, -0.2) is 7.11 Å². The Morgan fingerprint density at radius 3 is 1.90 bits per heavy atom. The second-order valence-electron chi connectivity index (χ2n) is 9.87. The highest BCUT2D eigenvalue weighted by molar-refractivity contribution is 6.25. The van der Waals surface area contributed by atoms with Gasteiger partial charge in [0, 0.05) is 28.0 Å². The molecule has 4 N–H and O–H groups in total. The quantitative estimate of drug-likeness (QED) is 0.181. The first kappa shape index (κ1) is 22.9. The van der Waals surface area contributed by atoms with E-state index in [1.807, 2.05) is 48.5 Å². The number of benzene rings is 7. The number of hydrogen-bond donors (Lipinski definition) is 2. The zero-order valence-electron chi connectivity index (χ0n) is 21.6. The Morgan fingerprint density at radius 1 is 0.564 bits per heavy atom. The van der Waals surface area contributed by atoms with Crippen molar-refractivity contribution in [2.24, 2.45) is 0 Å². The fraction of sp³-hybridized carbons (Fsp3) is 0.0286. The third-order valence-corrected chi connectivity index (χ3v) is 7.56. The van der Waals surface area contributed by atoms with E-state index in [1.165, 1.54) is 32.3 Å². The van der Waals surface area contributed by atoms with E-state index in [0.29, 0.717) is 5.69 Å². The normalized spacial score (nSPS) is 11.4. The largest absolute Gasteiger partial charge is 0.497 e. The van der Waals surface area contributed by atoms with E-state index in [-0.39, 0.29) is 0 Å². The Bertz CT molecular complexity index is 1940. The second kappa shape index (κ2) is 8.96. The lowest BCUT2D eigenvalue weighted by atomic mass is 9.92. The minimum absolute atomic E-state index is 0.704. The van der Waals surface area contributed by atoms with Gasteiger partial charge in [-0.3, -0.25) is 0 Å². The summed E-state index contributed by atoms with van der Waals surface area (Å²) in [4.78, 5) is 2.32. The molecule has 0 heterocycles. The molecule has 4 nitrogen and oxygen atoms in total. The molecule has 7 aromatic rings. The molecule has 0 spiro atoms. The van der Waals surface area contributed by atoms with Gasteiger partial charge in [0.25, 0.3) is 0 Å². The molecule has 0 unspecified atom stereocenters. The Kier molecular flexibility index (Phi) is 5.27. The number of anilines is 5. The number of nitrogens with two attached hydrogens (primary N) is 2. The molecule has 0 saturated carbocycles. The van der Waals surface area contributed by atoms with Gasteiger partial charge >= 0.3 is 0 Å². The van der Waals surface area contributed by atoms with Crippen LogP contribution >= 0.6 is 0 Å². The fourth-order valence-electron chi connectivity index (χ4n) is 5.70. The Balaban J connectivity index is 1.55. The van der Waals surface area contributed by atoms with Crippen molar-refractivity contribution in [2.45, 2.75) is 0 Å². The molecule has 0 saturated heterocycles. The van der Waals surface area contributed by atoms with Crippen molar-refractivity contribution in [3.8, 4) is 16.9 Å². The molecule has 4 heteroatoms. The number of ether oxygens (including phenoxy) is 1. The number of nitrogen functional groups attached to an aromatic ring is 2. The van der Waals surface area contributed by atoms with Gasteiger partial charge in [0.2, 0.25) is 0 Å². The van der Waals surface area contributed by atoms with E-state index < -0.39 is 0 Å². The highest BCUT2D eigenvalue weighted by Gasteiger charge is 2.21. The smallest absolute Gasteiger partial charge is 0.119 e. The number of rotatable bonds is 5. The molecule has 0 aliphatic heterocycles. The molecule has 7 aromatic carbocycles. The zero-order valence-corrected chi connectivity index (χ0v) is 21.6. The highest BCUT2D eigenvalue weighted by atomic mass is 16.5. The lowest BCUT2D eigenvalue weighted by Gasteiger charge is -2.30. The molecule has 39 heavy (non-hydrogen) atoms. The van der Waals surface area contributed by atoms with Crippen molar-refractivity contribution in [1.29, 1.82) is 0 Å². The molecule has 188 valence electrons. The summed E-state index contributed by atoms with van der Waals surface area (Å²) in [6.45, 7) is 0. The van der Waals surface area contributed by atoms with Crippen LogP contribution in [0.3, 0.4) is 0 Å². The van der Waals surface area contributed by atoms with Crippen LogP contribution in [0.1, 0.15) is 0 Å². The van der Waals surface area contributed by atoms with E-state index in [9.17, 15) is 0 Å². The Morgan fingerprint density at radius 2 is 1.18 bits per heavy atom. The van der Waals surface area contributed by atoms with Gasteiger partial charge in [0.15, 0.2) is 0 Å². The summed E-state index contributed by atoms with van der Waals surface area (Å²) in [5, 5.41) is 7.46. The van der Waals surface area contributed by atoms with Crippen LogP contribution in [0.25, 0.3) is 43.4 Å². The number of hydrogen-bond acceptors (Lipinski definition) is 4. The Labute approximate surface area is 227 Å². The van der Waals surface area contributed by atoms with Crippen LogP contribution in [-0.2, 0) is 0 Å². The first-order valence-electron chi connectivity index (χ1n) is 13.0. The average Bonchev–Trinajstić information content (AvgIpc) is 2.98. The summed E-state index contributed by atoms with van der Waals surface area (Å²) in [7, 11) is 1.69. The van der Waals surface area contributed by atoms with Crippen LogP contribution < -0.4 is 21.1 Å². The van der Waals surface area contributed by atoms with Crippen LogP contribution in [0, 0.1) is 0 Å². The van der Waals surface area contributed by atoms with Crippen molar-refractivity contribution >= 4 is 60.8 Å². The summed E-state index contributed by atoms with van der Waals surface area (Å²) in [6, 6.07) is 42.1. The number of methoxy groups -OCH3 is 1. The topological polar surface area (TPSA) is 64.5 Å². The second-order valence-corrected chi connectivity index (χ2v) is 9.87. The predicted molar refractivity (Wildman–Crippen MR) is 166 cm³/mol. The van der Waals surface area contributed by atoms with E-state index in [1.54, 1.807) is 7.11 Å². The molecular weight excluding hydrogens is 478 g/mol. The van der Waals surface area contributed by atoms with Gasteiger partial charge in [-0.2, -0.15) is 0 Å². The van der Waals surface area contributed by atoms with Gasteiger partial charge in [-0.25, -0.2) is 0 Å². The van der Waals surface area contributed by atoms with Gasteiger partial charge in [0.1, 0.15) is 5.75 Å². The molecule has 0 bridgehead atoms. The maximum Gasteiger partial charge on any atom is 0.119 e. The van der Waals surface area contributed by atoms with Crippen LogP contribution in [0.4, 0.5) is 28.4 Å².